The topological polar surface area (TPSA) is 478 Å². The number of carbonyl (C=O) groups excluding carboxylic acids is 10. The van der Waals surface area contributed by atoms with E-state index in [0.29, 0.717) is 11.1 Å². The van der Waals surface area contributed by atoms with Gasteiger partial charge in [0.2, 0.25) is 59.1 Å². The maximum absolute atomic E-state index is 14.4. The Morgan fingerprint density at radius 2 is 0.988 bits per heavy atom. The lowest BCUT2D eigenvalue weighted by Crippen LogP contribution is -2.61. The summed E-state index contributed by atoms with van der Waals surface area (Å²) in [4.78, 5) is 161. The molecular weight excluding hydrogens is 1080 g/mol. The maximum Gasteiger partial charge on any atom is 0.326 e. The van der Waals surface area contributed by atoms with Gasteiger partial charge in [-0.15, -0.1) is 0 Å². The molecule has 1 heterocycles. The Kier molecular flexibility index (Phi) is 27.8. The van der Waals surface area contributed by atoms with Gasteiger partial charge in [0.25, 0.3) is 0 Å². The summed E-state index contributed by atoms with van der Waals surface area (Å²) in [6.07, 6.45) is -2.38. The summed E-state index contributed by atoms with van der Waals surface area (Å²) in [5, 5.41) is 78.0. The van der Waals surface area contributed by atoms with Crippen LogP contribution in [0.2, 0.25) is 0 Å². The molecule has 29 nitrogen and oxygen atoms in total. The highest BCUT2D eigenvalue weighted by Crippen LogP contribution is 2.22. The number of likely N-dealkylation sites (tertiary alicyclic amines) is 1. The Morgan fingerprint density at radius 1 is 0.549 bits per heavy atom. The minimum Gasteiger partial charge on any atom is -0.508 e. The van der Waals surface area contributed by atoms with Crippen LogP contribution in [0.25, 0.3) is 0 Å². The molecule has 0 saturated carbocycles. The van der Waals surface area contributed by atoms with Crippen molar-refractivity contribution in [3.63, 3.8) is 0 Å². The van der Waals surface area contributed by atoms with E-state index in [0.717, 1.165) is 4.90 Å². The van der Waals surface area contributed by atoms with Crippen molar-refractivity contribution < 1.29 is 88.2 Å². The summed E-state index contributed by atoms with van der Waals surface area (Å²) >= 11 is 0. The predicted octanol–water partition coefficient (Wildman–Crippen LogP) is -4.73. The van der Waals surface area contributed by atoms with E-state index in [1.807, 2.05) is 0 Å². The van der Waals surface area contributed by atoms with E-state index in [9.17, 15) is 88.2 Å². The van der Waals surface area contributed by atoms with Gasteiger partial charge in [-0.25, -0.2) is 4.79 Å². The average Bonchev–Trinajstić information content (AvgIpc) is 4.05. The summed E-state index contributed by atoms with van der Waals surface area (Å²) in [5.41, 5.74) is 11.9. The fourth-order valence-corrected chi connectivity index (χ4v) is 8.62. The van der Waals surface area contributed by atoms with Crippen molar-refractivity contribution >= 4 is 71.0 Å². The van der Waals surface area contributed by atoms with Gasteiger partial charge in [-0.2, -0.15) is 0 Å². The number of aliphatic hydroxyl groups is 3. The number of aliphatic hydroxyl groups excluding tert-OH is 3. The molecule has 0 radical (unpaired) electrons. The van der Waals surface area contributed by atoms with Gasteiger partial charge in [-0.05, 0) is 67.2 Å². The van der Waals surface area contributed by atoms with Crippen molar-refractivity contribution in [2.45, 2.75) is 146 Å². The lowest BCUT2D eigenvalue weighted by atomic mass is 10.0. The van der Waals surface area contributed by atoms with Crippen molar-refractivity contribution in [1.29, 1.82) is 0 Å². The fourth-order valence-electron chi connectivity index (χ4n) is 8.62. The smallest absolute Gasteiger partial charge is 0.326 e. The number of phenols is 1. The standard InChI is InChI=1S/C53H77N11O18/c1-27(2)19-37(52(80)64-18-8-11-41(64)51(79)63-40(26-67)50(78)61-38(53(81)82)20-28(3)4)60-45(73)33(16-17-43(70)71)56-46(74)35(22-30-12-14-31(68)15-13-30)58-49(77)39(25-66)62-48(76)36(23-42(55)69)59-47(75)34(57-44(72)32(54)24-65)21-29-9-6-5-7-10-29/h5-7,9-10,12-15,27-28,32-41,65-68H,8,11,16-26,54H2,1-4H3,(H2,55,69)(H,56,74)(H,57,72)(H,58,77)(H,59,75)(H,60,73)(H,61,78)(H,62,76)(H,63,79)(H,70,71)(H,81,82)/t32-,33-,34-,35-,36-,37-,38-,39-,40-,41-/m0/s1. The third-order valence-electron chi connectivity index (χ3n) is 12.9. The molecule has 82 heavy (non-hydrogen) atoms. The van der Waals surface area contributed by atoms with Gasteiger partial charge in [0.1, 0.15) is 66.2 Å². The molecule has 1 aliphatic rings. The van der Waals surface area contributed by atoms with Crippen LogP contribution in [0, 0.1) is 11.8 Å². The lowest BCUT2D eigenvalue weighted by molar-refractivity contribution is -0.144. The summed E-state index contributed by atoms with van der Waals surface area (Å²) < 4.78 is 0. The number of nitrogens with zero attached hydrogens (tertiary/aromatic N) is 1. The Bertz CT molecular complexity index is 2550. The molecule has 2 aromatic carbocycles. The number of hydrogen-bond donors (Lipinski definition) is 16. The first-order valence-electron chi connectivity index (χ1n) is 26.5. The SMILES string of the molecule is CC(C)C[C@H](NC(=O)[C@H](CO)NC(=O)[C@@H]1CCCN1C(=O)[C@H](CC(C)C)NC(=O)[C@H](CCC(=O)O)NC(=O)[C@H](Cc1ccc(O)cc1)NC(=O)[C@H](CO)NC(=O)[C@H](CC(N)=O)NC(=O)[C@H](Cc1ccccc1)NC(=O)[C@@H](N)CO)C(=O)O. The molecule has 2 aromatic rings. The van der Waals surface area contributed by atoms with E-state index < -0.39 is 177 Å². The number of primary amides is 1. The second kappa shape index (κ2) is 33.5. The van der Waals surface area contributed by atoms with Crippen molar-refractivity contribution in [3.8, 4) is 5.75 Å². The van der Waals surface area contributed by atoms with Crippen LogP contribution in [0.1, 0.15) is 83.8 Å². The quantitative estimate of drug-likeness (QED) is 0.0313. The number of nitrogens with two attached hydrogens (primary N) is 2. The molecule has 10 atom stereocenters. The number of aliphatic carboxylic acids is 2. The highest BCUT2D eigenvalue weighted by atomic mass is 16.4. The molecule has 1 saturated heterocycles. The molecule has 0 aromatic heterocycles. The van der Waals surface area contributed by atoms with Crippen LogP contribution in [-0.2, 0) is 70.4 Å². The number of nitrogens with one attached hydrogen (secondary N) is 8. The Morgan fingerprint density at radius 3 is 1.50 bits per heavy atom. The monoisotopic (exact) mass is 1160 g/mol. The highest BCUT2D eigenvalue weighted by Gasteiger charge is 2.41. The van der Waals surface area contributed by atoms with Crippen LogP contribution in [0.4, 0.5) is 0 Å². The van der Waals surface area contributed by atoms with Gasteiger partial charge in [-0.3, -0.25) is 52.7 Å². The number of carbonyl (C=O) groups is 12. The average molecular weight is 1160 g/mol. The summed E-state index contributed by atoms with van der Waals surface area (Å²) in [7, 11) is 0. The lowest BCUT2D eigenvalue weighted by Gasteiger charge is -2.31. The van der Waals surface area contributed by atoms with E-state index in [2.05, 4.69) is 42.5 Å². The van der Waals surface area contributed by atoms with Crippen LogP contribution in [0.15, 0.2) is 54.6 Å². The van der Waals surface area contributed by atoms with Gasteiger partial charge in [-0.1, -0.05) is 70.2 Å². The van der Waals surface area contributed by atoms with E-state index in [-0.39, 0.29) is 56.2 Å². The zero-order chi connectivity index (χ0) is 61.4. The maximum atomic E-state index is 14.4. The zero-order valence-electron chi connectivity index (χ0n) is 46.0. The van der Waals surface area contributed by atoms with Gasteiger partial charge < -0.3 is 89.5 Å². The number of carboxylic acid groups (broad SMARTS) is 2. The number of carboxylic acids is 2. The van der Waals surface area contributed by atoms with Crippen molar-refractivity contribution in [2.24, 2.45) is 23.3 Å². The van der Waals surface area contributed by atoms with Crippen molar-refractivity contribution in [2.75, 3.05) is 26.4 Å². The number of amides is 10. The van der Waals surface area contributed by atoms with E-state index in [1.54, 1.807) is 58.0 Å². The number of rotatable bonds is 34. The number of aromatic hydroxyl groups is 1. The Labute approximate surface area is 472 Å². The fraction of sp³-hybridized carbons (Fsp3) is 0.547. The van der Waals surface area contributed by atoms with Gasteiger partial charge in [0.05, 0.1) is 26.2 Å². The van der Waals surface area contributed by atoms with Crippen LogP contribution in [-0.4, -0.2) is 193 Å². The molecule has 1 fully saturated rings. The molecule has 452 valence electrons. The summed E-state index contributed by atoms with van der Waals surface area (Å²) in [5.74, 6) is -13.8. The summed E-state index contributed by atoms with van der Waals surface area (Å²) in [6, 6.07) is -2.21. The largest absolute Gasteiger partial charge is 0.508 e. The molecule has 0 unspecified atom stereocenters. The minimum atomic E-state index is -1.94. The van der Waals surface area contributed by atoms with Crippen LogP contribution >= 0.6 is 0 Å². The molecule has 1 aliphatic heterocycles. The van der Waals surface area contributed by atoms with E-state index in [4.69, 9.17) is 11.5 Å². The van der Waals surface area contributed by atoms with Gasteiger partial charge in [0.15, 0.2) is 0 Å². The first-order chi connectivity index (χ1) is 38.7. The number of phenolic OH excluding ortho intramolecular Hbond substituents is 1. The molecule has 29 heteroatoms. The molecule has 0 bridgehead atoms. The summed E-state index contributed by atoms with van der Waals surface area (Å²) in [6.45, 7) is 4.03. The molecule has 0 spiro atoms. The first kappa shape index (κ1) is 68.0. The Balaban J connectivity index is 1.90. The molecular formula is C53H77N11O18. The Hall–Kier alpha value is -8.28. The van der Waals surface area contributed by atoms with Gasteiger partial charge in [0, 0.05) is 25.8 Å². The second-order valence-electron chi connectivity index (χ2n) is 20.6. The van der Waals surface area contributed by atoms with Crippen LogP contribution in [0.3, 0.4) is 0 Å². The number of benzene rings is 2. The first-order valence-corrected chi connectivity index (χ1v) is 26.5. The zero-order valence-corrected chi connectivity index (χ0v) is 46.0. The highest BCUT2D eigenvalue weighted by molar-refractivity contribution is 5.99. The molecule has 10 amide bonds. The molecule has 3 rings (SSSR count). The normalized spacial score (nSPS) is 16.3. The van der Waals surface area contributed by atoms with Crippen LogP contribution in [0.5, 0.6) is 5.75 Å². The molecule has 18 N–H and O–H groups in total. The van der Waals surface area contributed by atoms with Gasteiger partial charge >= 0.3 is 11.9 Å². The van der Waals surface area contributed by atoms with Crippen molar-refractivity contribution in [3.05, 3.63) is 65.7 Å². The van der Waals surface area contributed by atoms with E-state index in [1.165, 1.54) is 24.3 Å². The number of hydrogen-bond acceptors (Lipinski definition) is 17. The van der Waals surface area contributed by atoms with Crippen LogP contribution < -0.4 is 54.0 Å². The second-order valence-corrected chi connectivity index (χ2v) is 20.6. The third kappa shape index (κ3) is 22.3. The van der Waals surface area contributed by atoms with Crippen molar-refractivity contribution in [1.82, 2.24) is 47.4 Å². The molecule has 0 aliphatic carbocycles. The third-order valence-corrected chi connectivity index (χ3v) is 12.9. The minimum absolute atomic E-state index is 0.00301. The predicted molar refractivity (Wildman–Crippen MR) is 289 cm³/mol. The van der Waals surface area contributed by atoms with E-state index >= 15 is 0 Å².